The fraction of sp³-hybridized carbons (Fsp3) is 0.556. The van der Waals surface area contributed by atoms with Crippen LogP contribution in [0.25, 0.3) is 0 Å². The zero-order valence-corrected chi connectivity index (χ0v) is 15.1. The van der Waals surface area contributed by atoms with E-state index in [-0.39, 0.29) is 18.4 Å². The molecule has 1 aromatic carbocycles. The molecule has 2 saturated heterocycles. The largest absolute Gasteiger partial charge is 0.493 e. The monoisotopic (exact) mass is 364 g/mol. The van der Waals surface area contributed by atoms with Gasteiger partial charge in [-0.3, -0.25) is 9.59 Å². The molecule has 2 amide bonds. The number of benzene rings is 1. The van der Waals surface area contributed by atoms with Crippen LogP contribution in [0, 0.1) is 0 Å². The summed E-state index contributed by atoms with van der Waals surface area (Å²) in [6.07, 6.45) is 1.31. The molecule has 1 N–H and O–H groups in total. The summed E-state index contributed by atoms with van der Waals surface area (Å²) >= 11 is 0. The van der Waals surface area contributed by atoms with Crippen molar-refractivity contribution >= 4 is 11.8 Å². The van der Waals surface area contributed by atoms with E-state index in [1.165, 1.54) is 14.2 Å². The van der Waals surface area contributed by atoms with Crippen LogP contribution in [-0.4, -0.2) is 69.6 Å². The van der Waals surface area contributed by atoms with Crippen LogP contribution in [0.1, 0.15) is 23.2 Å². The molecule has 0 saturated carbocycles. The van der Waals surface area contributed by atoms with E-state index in [0.717, 1.165) is 0 Å². The van der Waals surface area contributed by atoms with Crippen molar-refractivity contribution in [1.29, 1.82) is 0 Å². The third-order valence-corrected chi connectivity index (χ3v) is 4.74. The Bertz CT molecular complexity index is 662. The number of piperidine rings is 1. The molecule has 3 rings (SSSR count). The Hall–Kier alpha value is -2.32. The van der Waals surface area contributed by atoms with Crippen LogP contribution < -0.4 is 14.8 Å². The lowest BCUT2D eigenvalue weighted by atomic mass is 10.0. The highest BCUT2D eigenvalue weighted by atomic mass is 16.7. The molecule has 2 fully saturated rings. The number of carbonyl (C=O) groups is 2. The Labute approximate surface area is 152 Å². The average molecular weight is 364 g/mol. The number of nitrogens with one attached hydrogen (secondary N) is 1. The topological polar surface area (TPSA) is 86.3 Å². The van der Waals surface area contributed by atoms with Gasteiger partial charge in [0.15, 0.2) is 17.3 Å². The third kappa shape index (κ3) is 3.91. The Morgan fingerprint density at radius 1 is 1.12 bits per heavy atom. The first kappa shape index (κ1) is 18.5. The Balaban J connectivity index is 1.50. The maximum Gasteiger partial charge on any atom is 0.251 e. The number of hydrogen-bond donors (Lipinski definition) is 1. The van der Waals surface area contributed by atoms with Crippen molar-refractivity contribution in [3.8, 4) is 11.5 Å². The Kier molecular flexibility index (Phi) is 5.63. The average Bonchev–Trinajstić information content (AvgIpc) is 3.13. The third-order valence-electron chi connectivity index (χ3n) is 4.74. The molecule has 2 heterocycles. The molecule has 2 aliphatic rings. The van der Waals surface area contributed by atoms with Gasteiger partial charge in [0.2, 0.25) is 5.91 Å². The van der Waals surface area contributed by atoms with Crippen LogP contribution >= 0.6 is 0 Å². The summed E-state index contributed by atoms with van der Waals surface area (Å²) < 4.78 is 21.6. The minimum atomic E-state index is -0.514. The second-order valence-electron chi connectivity index (χ2n) is 6.24. The van der Waals surface area contributed by atoms with Crippen LogP contribution in [-0.2, 0) is 14.3 Å². The maximum atomic E-state index is 12.3. The molecule has 0 radical (unpaired) electrons. The van der Waals surface area contributed by atoms with E-state index in [1.807, 2.05) is 0 Å². The van der Waals surface area contributed by atoms with Crippen molar-refractivity contribution in [2.24, 2.45) is 0 Å². The molecule has 1 spiro atoms. The van der Waals surface area contributed by atoms with E-state index in [9.17, 15) is 9.59 Å². The van der Waals surface area contributed by atoms with E-state index in [4.69, 9.17) is 18.9 Å². The lowest BCUT2D eigenvalue weighted by Gasteiger charge is -2.37. The van der Waals surface area contributed by atoms with E-state index in [0.29, 0.717) is 56.2 Å². The van der Waals surface area contributed by atoms with Gasteiger partial charge in [0.25, 0.3) is 5.91 Å². The van der Waals surface area contributed by atoms with Gasteiger partial charge in [-0.15, -0.1) is 0 Å². The molecule has 2 aliphatic heterocycles. The molecule has 0 bridgehead atoms. The summed E-state index contributed by atoms with van der Waals surface area (Å²) in [6.45, 7) is 2.28. The van der Waals surface area contributed by atoms with Gasteiger partial charge in [-0.25, -0.2) is 0 Å². The molecule has 142 valence electrons. The number of rotatable bonds is 5. The standard InChI is InChI=1S/C18H24N2O6/c1-23-14-4-3-13(11-15(14)24-2)17(22)19-12-16(21)20-7-5-18(6-8-20)25-9-10-26-18/h3-4,11H,5-10,12H2,1-2H3,(H,19,22). The SMILES string of the molecule is COc1ccc(C(=O)NCC(=O)N2CCC3(CC2)OCCO3)cc1OC. The first-order valence-corrected chi connectivity index (χ1v) is 8.63. The minimum absolute atomic E-state index is 0.0537. The van der Waals surface area contributed by atoms with Gasteiger partial charge in [0.05, 0.1) is 34.0 Å². The highest BCUT2D eigenvalue weighted by Gasteiger charge is 2.40. The quantitative estimate of drug-likeness (QED) is 0.832. The summed E-state index contributed by atoms with van der Waals surface area (Å²) in [6, 6.07) is 4.86. The van der Waals surface area contributed by atoms with E-state index >= 15 is 0 Å². The summed E-state index contributed by atoms with van der Waals surface area (Å²) in [7, 11) is 3.03. The van der Waals surface area contributed by atoms with Gasteiger partial charge in [-0.05, 0) is 18.2 Å². The predicted molar refractivity (Wildman–Crippen MR) is 92.3 cm³/mol. The fourth-order valence-electron chi connectivity index (χ4n) is 3.23. The zero-order valence-electron chi connectivity index (χ0n) is 15.1. The molecule has 0 atom stereocenters. The number of carbonyl (C=O) groups excluding carboxylic acids is 2. The smallest absolute Gasteiger partial charge is 0.251 e. The molecular formula is C18H24N2O6. The number of ether oxygens (including phenoxy) is 4. The lowest BCUT2D eigenvalue weighted by molar-refractivity contribution is -0.187. The van der Waals surface area contributed by atoms with Crippen LogP contribution in [0.3, 0.4) is 0 Å². The molecule has 8 nitrogen and oxygen atoms in total. The van der Waals surface area contributed by atoms with E-state index in [1.54, 1.807) is 23.1 Å². The molecule has 1 aromatic rings. The number of amides is 2. The fourth-order valence-corrected chi connectivity index (χ4v) is 3.23. The van der Waals surface area contributed by atoms with Crippen molar-refractivity contribution in [2.45, 2.75) is 18.6 Å². The molecule has 0 aliphatic carbocycles. The van der Waals surface area contributed by atoms with Gasteiger partial charge >= 0.3 is 0 Å². The van der Waals surface area contributed by atoms with Crippen molar-refractivity contribution in [3.63, 3.8) is 0 Å². The summed E-state index contributed by atoms with van der Waals surface area (Å²) in [5.41, 5.74) is 0.404. The second kappa shape index (κ2) is 7.92. The molecule has 0 aromatic heterocycles. The summed E-state index contributed by atoms with van der Waals surface area (Å²) in [5, 5.41) is 2.66. The lowest BCUT2D eigenvalue weighted by Crippen LogP contribution is -2.49. The highest BCUT2D eigenvalue weighted by Crippen LogP contribution is 2.31. The second-order valence-corrected chi connectivity index (χ2v) is 6.24. The molecule has 26 heavy (non-hydrogen) atoms. The van der Waals surface area contributed by atoms with Gasteiger partial charge in [-0.1, -0.05) is 0 Å². The van der Waals surface area contributed by atoms with Crippen molar-refractivity contribution in [2.75, 3.05) is 47.1 Å². The van der Waals surface area contributed by atoms with Gasteiger partial charge in [0.1, 0.15) is 0 Å². The number of methoxy groups -OCH3 is 2. The first-order chi connectivity index (χ1) is 12.6. The summed E-state index contributed by atoms with van der Waals surface area (Å²) in [5.74, 6) is 0.0321. The number of likely N-dealkylation sites (tertiary alicyclic amines) is 1. The van der Waals surface area contributed by atoms with Crippen molar-refractivity contribution < 1.29 is 28.5 Å². The molecule has 0 unspecified atom stereocenters. The normalized spacial score (nSPS) is 18.6. The van der Waals surface area contributed by atoms with Crippen LogP contribution in [0.2, 0.25) is 0 Å². The van der Waals surface area contributed by atoms with Gasteiger partial charge in [0, 0.05) is 31.5 Å². The first-order valence-electron chi connectivity index (χ1n) is 8.63. The van der Waals surface area contributed by atoms with E-state index < -0.39 is 5.79 Å². The minimum Gasteiger partial charge on any atom is -0.493 e. The summed E-state index contributed by atoms with van der Waals surface area (Å²) in [4.78, 5) is 26.4. The highest BCUT2D eigenvalue weighted by molar-refractivity contribution is 5.97. The Morgan fingerprint density at radius 3 is 2.38 bits per heavy atom. The molecule has 8 heteroatoms. The van der Waals surface area contributed by atoms with E-state index in [2.05, 4.69) is 5.32 Å². The van der Waals surface area contributed by atoms with Crippen LogP contribution in [0.15, 0.2) is 18.2 Å². The van der Waals surface area contributed by atoms with Crippen LogP contribution in [0.4, 0.5) is 0 Å². The number of nitrogens with zero attached hydrogens (tertiary/aromatic N) is 1. The van der Waals surface area contributed by atoms with Crippen molar-refractivity contribution in [3.05, 3.63) is 23.8 Å². The van der Waals surface area contributed by atoms with Crippen molar-refractivity contribution in [1.82, 2.24) is 10.2 Å². The van der Waals surface area contributed by atoms with Gasteiger partial charge < -0.3 is 29.2 Å². The maximum absolute atomic E-state index is 12.3. The predicted octanol–water partition coefficient (Wildman–Crippen LogP) is 0.799. The zero-order chi connectivity index (χ0) is 18.6. The van der Waals surface area contributed by atoms with Crippen LogP contribution in [0.5, 0.6) is 11.5 Å². The van der Waals surface area contributed by atoms with Gasteiger partial charge in [-0.2, -0.15) is 0 Å². The number of hydrogen-bond acceptors (Lipinski definition) is 6. The molecular weight excluding hydrogens is 340 g/mol. The Morgan fingerprint density at radius 2 is 1.77 bits per heavy atom.